The molecule has 4 atom stereocenters. The van der Waals surface area contributed by atoms with Crippen LogP contribution in [0.1, 0.15) is 44.9 Å². The molecule has 0 aromatic carbocycles. The molecular formula is C18H26N2. The van der Waals surface area contributed by atoms with Gasteiger partial charge in [-0.1, -0.05) is 0 Å². The van der Waals surface area contributed by atoms with E-state index >= 15 is 0 Å². The zero-order valence-corrected chi connectivity index (χ0v) is 12.2. The Labute approximate surface area is 121 Å². The number of hydrogen-bond donors (Lipinski definition) is 2. The van der Waals surface area contributed by atoms with Gasteiger partial charge in [0.25, 0.3) is 0 Å². The van der Waals surface area contributed by atoms with Crippen LogP contribution in [0, 0.1) is 52.8 Å². The molecule has 0 heterocycles. The summed E-state index contributed by atoms with van der Waals surface area (Å²) >= 11 is 0. The van der Waals surface area contributed by atoms with E-state index in [9.17, 15) is 0 Å². The Kier molecular flexibility index (Phi) is 1.35. The average Bonchev–Trinajstić information content (AvgIpc) is 2.33. The molecule has 10 rings (SSSR count). The second kappa shape index (κ2) is 2.54. The molecule has 2 nitrogen and oxygen atoms in total. The summed E-state index contributed by atoms with van der Waals surface area (Å²) in [6, 6.07) is 0. The van der Waals surface area contributed by atoms with Crippen molar-refractivity contribution in [3.05, 3.63) is 0 Å². The van der Waals surface area contributed by atoms with Gasteiger partial charge in [-0.3, -0.25) is 0 Å². The molecule has 10 saturated carbocycles. The van der Waals surface area contributed by atoms with Gasteiger partial charge >= 0.3 is 0 Å². The van der Waals surface area contributed by atoms with Gasteiger partial charge in [0, 0.05) is 11.1 Å². The topological polar surface area (TPSA) is 52.0 Å². The molecule has 0 saturated heterocycles. The lowest BCUT2D eigenvalue weighted by Gasteiger charge is -2.85. The number of nitrogens with two attached hydrogens (primary N) is 2. The van der Waals surface area contributed by atoms with Crippen LogP contribution in [-0.2, 0) is 0 Å². The Balaban J connectivity index is 1.55. The molecule has 2 heteroatoms. The Morgan fingerprint density at radius 1 is 0.600 bits per heavy atom. The van der Waals surface area contributed by atoms with Gasteiger partial charge in [0.1, 0.15) is 0 Å². The lowest BCUT2D eigenvalue weighted by Crippen LogP contribution is -2.84. The van der Waals surface area contributed by atoms with Gasteiger partial charge in [-0.05, 0) is 97.7 Å². The highest BCUT2D eigenvalue weighted by Gasteiger charge is 2.81. The summed E-state index contributed by atoms with van der Waals surface area (Å²) in [7, 11) is 0. The van der Waals surface area contributed by atoms with Crippen molar-refractivity contribution in [2.75, 3.05) is 0 Å². The van der Waals surface area contributed by atoms with Gasteiger partial charge in [-0.15, -0.1) is 0 Å². The molecule has 10 aliphatic carbocycles. The highest BCUT2D eigenvalue weighted by molar-refractivity contribution is 5.32. The van der Waals surface area contributed by atoms with Crippen LogP contribution in [-0.4, -0.2) is 11.1 Å². The van der Waals surface area contributed by atoms with E-state index in [0.717, 1.165) is 47.3 Å². The lowest BCUT2D eigenvalue weighted by molar-refractivity contribution is -0.352. The fraction of sp³-hybridized carbons (Fsp3) is 1.00. The fourth-order valence-corrected chi connectivity index (χ4v) is 10.6. The Morgan fingerprint density at radius 3 is 1.40 bits per heavy atom. The van der Waals surface area contributed by atoms with E-state index in [0.29, 0.717) is 5.41 Å². The third-order valence-electron chi connectivity index (χ3n) is 9.85. The van der Waals surface area contributed by atoms with Crippen LogP contribution in [0.5, 0.6) is 0 Å². The van der Waals surface area contributed by atoms with E-state index in [1.54, 1.807) is 6.42 Å². The van der Waals surface area contributed by atoms with E-state index < -0.39 is 0 Å². The molecule has 1 spiro atoms. The molecule has 0 aromatic rings. The van der Waals surface area contributed by atoms with Crippen molar-refractivity contribution in [1.82, 2.24) is 0 Å². The first-order valence-corrected chi connectivity index (χ1v) is 9.10. The lowest BCUT2D eigenvalue weighted by atomic mass is 9.20. The zero-order chi connectivity index (χ0) is 13.1. The normalized spacial score (nSPS) is 80.7. The summed E-state index contributed by atoms with van der Waals surface area (Å²) in [5.74, 6) is 8.30. The summed E-state index contributed by atoms with van der Waals surface area (Å²) in [5.41, 5.74) is 14.8. The Bertz CT molecular complexity index is 478. The monoisotopic (exact) mass is 270 g/mol. The van der Waals surface area contributed by atoms with Crippen LogP contribution >= 0.6 is 0 Å². The standard InChI is InChI=1S/C18H26N2/c19-16-2-10-8-1-9-12-4-17(20)5-13(9)15(11(8)3-16)18(6-16,7-17)14(10)12/h8-15H,1-7,19-20H2. The summed E-state index contributed by atoms with van der Waals surface area (Å²) in [4.78, 5) is 0. The van der Waals surface area contributed by atoms with E-state index in [4.69, 9.17) is 11.5 Å². The summed E-state index contributed by atoms with van der Waals surface area (Å²) in [6.07, 6.45) is 9.77. The molecule has 4 N–H and O–H groups in total. The van der Waals surface area contributed by atoms with Crippen LogP contribution < -0.4 is 11.5 Å². The number of rotatable bonds is 0. The summed E-state index contributed by atoms with van der Waals surface area (Å²) in [6.45, 7) is 0. The van der Waals surface area contributed by atoms with Gasteiger partial charge in [0.15, 0.2) is 0 Å². The van der Waals surface area contributed by atoms with Crippen molar-refractivity contribution in [3.8, 4) is 0 Å². The first-order chi connectivity index (χ1) is 9.52. The summed E-state index contributed by atoms with van der Waals surface area (Å²) < 4.78 is 0. The predicted octanol–water partition coefficient (Wildman–Crippen LogP) is 2.12. The van der Waals surface area contributed by atoms with E-state index in [2.05, 4.69) is 0 Å². The zero-order valence-electron chi connectivity index (χ0n) is 12.2. The minimum Gasteiger partial charge on any atom is -0.325 e. The molecule has 0 aromatic heterocycles. The largest absolute Gasteiger partial charge is 0.325 e. The highest BCUT2D eigenvalue weighted by Crippen LogP contribution is 2.85. The van der Waals surface area contributed by atoms with Crippen molar-refractivity contribution in [2.24, 2.45) is 64.2 Å². The van der Waals surface area contributed by atoms with Gasteiger partial charge in [-0.2, -0.15) is 0 Å². The fourth-order valence-electron chi connectivity index (χ4n) is 10.6. The molecule has 20 heavy (non-hydrogen) atoms. The van der Waals surface area contributed by atoms with Gasteiger partial charge in [0.2, 0.25) is 0 Å². The van der Waals surface area contributed by atoms with Gasteiger partial charge in [-0.25, -0.2) is 0 Å². The van der Waals surface area contributed by atoms with E-state index in [1.165, 1.54) is 38.5 Å². The first-order valence-electron chi connectivity index (χ1n) is 9.10. The molecule has 10 fully saturated rings. The quantitative estimate of drug-likeness (QED) is 0.708. The third-order valence-corrected chi connectivity index (χ3v) is 9.85. The number of hydrogen-bond acceptors (Lipinski definition) is 2. The maximum absolute atomic E-state index is 6.90. The summed E-state index contributed by atoms with van der Waals surface area (Å²) in [5, 5.41) is 0. The first kappa shape index (κ1) is 10.6. The van der Waals surface area contributed by atoms with Crippen LogP contribution in [0.25, 0.3) is 0 Å². The second-order valence-corrected chi connectivity index (χ2v) is 10.4. The van der Waals surface area contributed by atoms with Crippen molar-refractivity contribution in [3.63, 3.8) is 0 Å². The van der Waals surface area contributed by atoms with Crippen molar-refractivity contribution >= 4 is 0 Å². The van der Waals surface area contributed by atoms with Crippen molar-refractivity contribution in [2.45, 2.75) is 56.0 Å². The second-order valence-electron chi connectivity index (χ2n) is 10.4. The Morgan fingerprint density at radius 2 is 1.00 bits per heavy atom. The van der Waals surface area contributed by atoms with Crippen LogP contribution in [0.4, 0.5) is 0 Å². The third kappa shape index (κ3) is 0.803. The minimum absolute atomic E-state index is 0.216. The molecule has 108 valence electrons. The maximum Gasteiger partial charge on any atom is 0.0165 e. The molecular weight excluding hydrogens is 244 g/mol. The van der Waals surface area contributed by atoms with Crippen LogP contribution in [0.15, 0.2) is 0 Å². The van der Waals surface area contributed by atoms with Crippen molar-refractivity contribution < 1.29 is 0 Å². The SMILES string of the molecule is NC12CC3C4CC5C6CC7(N)CC5C(C4C1)C(C2)(C7)C36. The average molecular weight is 270 g/mol. The molecule has 10 aliphatic rings. The molecule has 0 radical (unpaired) electrons. The predicted molar refractivity (Wildman–Crippen MR) is 76.5 cm³/mol. The molecule has 11 bridgehead atoms. The molecule has 0 amide bonds. The smallest absolute Gasteiger partial charge is 0.0165 e. The highest BCUT2D eigenvalue weighted by atomic mass is 15.0. The van der Waals surface area contributed by atoms with Crippen LogP contribution in [0.3, 0.4) is 0 Å². The van der Waals surface area contributed by atoms with E-state index in [1.807, 2.05) is 0 Å². The van der Waals surface area contributed by atoms with E-state index in [-0.39, 0.29) is 11.1 Å². The van der Waals surface area contributed by atoms with Crippen LogP contribution in [0.2, 0.25) is 0 Å². The Hall–Kier alpha value is -0.0800. The van der Waals surface area contributed by atoms with Crippen molar-refractivity contribution in [1.29, 1.82) is 0 Å². The molecule has 0 aliphatic heterocycles. The maximum atomic E-state index is 6.90. The van der Waals surface area contributed by atoms with Gasteiger partial charge in [0.05, 0.1) is 0 Å². The molecule has 4 unspecified atom stereocenters. The van der Waals surface area contributed by atoms with Gasteiger partial charge < -0.3 is 11.5 Å². The minimum atomic E-state index is 0.216.